The molecule has 0 saturated carbocycles. The smallest absolute Gasteiger partial charge is 0.258 e. The van der Waals surface area contributed by atoms with Crippen LogP contribution in [0.2, 0.25) is 0 Å². The highest BCUT2D eigenvalue weighted by molar-refractivity contribution is 5.86. The van der Waals surface area contributed by atoms with Gasteiger partial charge in [0.05, 0.1) is 25.2 Å². The van der Waals surface area contributed by atoms with Crippen LogP contribution in [0.5, 0.6) is 11.5 Å². The SMILES string of the molecule is COc1ccccc1OCC(=O)NCCn1ncc2c(NCc3ccc(F)cc3)ncnc21. The summed E-state index contributed by atoms with van der Waals surface area (Å²) >= 11 is 0. The quantitative estimate of drug-likeness (QED) is 0.383. The van der Waals surface area contributed by atoms with Gasteiger partial charge in [-0.05, 0) is 29.8 Å². The van der Waals surface area contributed by atoms with E-state index in [4.69, 9.17) is 9.47 Å². The fraction of sp³-hybridized carbons (Fsp3) is 0.217. The molecule has 1 amide bonds. The number of ether oxygens (including phenoxy) is 2. The molecule has 2 aromatic heterocycles. The predicted molar refractivity (Wildman–Crippen MR) is 121 cm³/mol. The number of benzene rings is 2. The number of halogens is 1. The van der Waals surface area contributed by atoms with Gasteiger partial charge in [-0.25, -0.2) is 19.0 Å². The lowest BCUT2D eigenvalue weighted by Gasteiger charge is -2.10. The van der Waals surface area contributed by atoms with Crippen LogP contribution in [-0.4, -0.2) is 45.9 Å². The molecule has 0 aliphatic rings. The molecular formula is C23H23FN6O3. The van der Waals surface area contributed by atoms with E-state index in [1.54, 1.807) is 42.3 Å². The maximum absolute atomic E-state index is 13.1. The summed E-state index contributed by atoms with van der Waals surface area (Å²) in [5.74, 6) is 1.17. The van der Waals surface area contributed by atoms with Crippen LogP contribution in [0.1, 0.15) is 5.56 Å². The van der Waals surface area contributed by atoms with Crippen molar-refractivity contribution in [3.05, 3.63) is 72.4 Å². The summed E-state index contributed by atoms with van der Waals surface area (Å²) < 4.78 is 25.5. The van der Waals surface area contributed by atoms with Crippen LogP contribution < -0.4 is 20.1 Å². The van der Waals surface area contributed by atoms with E-state index in [-0.39, 0.29) is 18.3 Å². The largest absolute Gasteiger partial charge is 0.493 e. The monoisotopic (exact) mass is 450 g/mol. The molecule has 0 spiro atoms. The summed E-state index contributed by atoms with van der Waals surface area (Å²) in [6, 6.07) is 13.4. The average molecular weight is 450 g/mol. The maximum atomic E-state index is 13.1. The number of anilines is 1. The van der Waals surface area contributed by atoms with Crippen molar-refractivity contribution in [3.63, 3.8) is 0 Å². The molecule has 0 bridgehead atoms. The fourth-order valence-electron chi connectivity index (χ4n) is 3.22. The normalized spacial score (nSPS) is 10.7. The highest BCUT2D eigenvalue weighted by Crippen LogP contribution is 2.25. The molecule has 2 aromatic carbocycles. The number of nitrogens with one attached hydrogen (secondary N) is 2. The van der Waals surface area contributed by atoms with Crippen LogP contribution in [0.15, 0.2) is 61.1 Å². The van der Waals surface area contributed by atoms with Gasteiger partial charge in [-0.1, -0.05) is 24.3 Å². The maximum Gasteiger partial charge on any atom is 0.258 e. The minimum absolute atomic E-state index is 0.125. The highest BCUT2D eigenvalue weighted by atomic mass is 19.1. The van der Waals surface area contributed by atoms with Crippen LogP contribution in [0.25, 0.3) is 11.0 Å². The molecule has 0 aliphatic carbocycles. The minimum Gasteiger partial charge on any atom is -0.493 e. The molecule has 4 aromatic rings. The lowest BCUT2D eigenvalue weighted by atomic mass is 10.2. The molecule has 0 aliphatic heterocycles. The topological polar surface area (TPSA) is 103 Å². The van der Waals surface area contributed by atoms with Crippen molar-refractivity contribution in [2.45, 2.75) is 13.1 Å². The van der Waals surface area contributed by atoms with E-state index in [1.807, 2.05) is 12.1 Å². The van der Waals surface area contributed by atoms with E-state index >= 15 is 0 Å². The molecule has 0 saturated heterocycles. The first-order chi connectivity index (χ1) is 16.1. The van der Waals surface area contributed by atoms with Gasteiger partial charge >= 0.3 is 0 Å². The van der Waals surface area contributed by atoms with Crippen molar-refractivity contribution in [3.8, 4) is 11.5 Å². The number of hydrogen-bond donors (Lipinski definition) is 2. The Bertz CT molecular complexity index is 1230. The van der Waals surface area contributed by atoms with E-state index in [9.17, 15) is 9.18 Å². The fourth-order valence-corrected chi connectivity index (χ4v) is 3.22. The number of aromatic nitrogens is 4. The van der Waals surface area contributed by atoms with Gasteiger partial charge in [0.15, 0.2) is 23.8 Å². The molecule has 9 nitrogen and oxygen atoms in total. The summed E-state index contributed by atoms with van der Waals surface area (Å²) in [5, 5.41) is 11.1. The Morgan fingerprint density at radius 1 is 1.09 bits per heavy atom. The van der Waals surface area contributed by atoms with E-state index in [1.165, 1.54) is 18.5 Å². The third kappa shape index (κ3) is 5.53. The van der Waals surface area contributed by atoms with Gasteiger partial charge in [0.1, 0.15) is 18.0 Å². The van der Waals surface area contributed by atoms with Gasteiger partial charge in [0, 0.05) is 13.1 Å². The first-order valence-corrected chi connectivity index (χ1v) is 10.3. The van der Waals surface area contributed by atoms with E-state index in [2.05, 4.69) is 25.7 Å². The molecule has 0 fully saturated rings. The molecule has 10 heteroatoms. The van der Waals surface area contributed by atoms with Crippen molar-refractivity contribution in [2.75, 3.05) is 25.6 Å². The number of nitrogens with zero attached hydrogens (tertiary/aromatic N) is 4. The number of amides is 1. The van der Waals surface area contributed by atoms with Gasteiger partial charge in [0.2, 0.25) is 0 Å². The zero-order valence-corrected chi connectivity index (χ0v) is 18.0. The summed E-state index contributed by atoms with van der Waals surface area (Å²) in [6.07, 6.45) is 3.13. The molecule has 0 radical (unpaired) electrons. The van der Waals surface area contributed by atoms with E-state index in [0.717, 1.165) is 10.9 Å². The molecule has 170 valence electrons. The Kier molecular flexibility index (Phi) is 6.93. The lowest BCUT2D eigenvalue weighted by Crippen LogP contribution is -2.31. The summed E-state index contributed by atoms with van der Waals surface area (Å²) in [4.78, 5) is 20.7. The van der Waals surface area contributed by atoms with Crippen LogP contribution in [0, 0.1) is 5.82 Å². The minimum atomic E-state index is -0.275. The highest BCUT2D eigenvalue weighted by Gasteiger charge is 2.11. The Morgan fingerprint density at radius 2 is 1.88 bits per heavy atom. The number of para-hydroxylation sites is 2. The van der Waals surface area contributed by atoms with Crippen molar-refractivity contribution in [1.82, 2.24) is 25.1 Å². The summed E-state index contributed by atoms with van der Waals surface area (Å²) in [6.45, 7) is 1.14. The lowest BCUT2D eigenvalue weighted by molar-refractivity contribution is -0.123. The number of hydrogen-bond acceptors (Lipinski definition) is 7. The molecule has 33 heavy (non-hydrogen) atoms. The number of rotatable bonds is 10. The van der Waals surface area contributed by atoms with Crippen LogP contribution in [0.4, 0.5) is 10.2 Å². The Balaban J connectivity index is 1.30. The molecule has 0 atom stereocenters. The van der Waals surface area contributed by atoms with Crippen molar-refractivity contribution >= 4 is 22.8 Å². The second-order valence-electron chi connectivity index (χ2n) is 7.10. The number of carbonyl (C=O) groups is 1. The third-order valence-electron chi connectivity index (χ3n) is 4.88. The van der Waals surface area contributed by atoms with Crippen LogP contribution in [0.3, 0.4) is 0 Å². The van der Waals surface area contributed by atoms with Gasteiger partial charge in [-0.15, -0.1) is 0 Å². The van der Waals surface area contributed by atoms with Crippen molar-refractivity contribution in [1.29, 1.82) is 0 Å². The zero-order chi connectivity index (χ0) is 23.0. The second kappa shape index (κ2) is 10.4. The number of methoxy groups -OCH3 is 1. The standard InChI is InChI=1S/C23H23FN6O3/c1-32-19-4-2-3-5-20(19)33-14-21(31)25-10-11-30-23-18(13-29-30)22(27-15-28-23)26-12-16-6-8-17(24)9-7-16/h2-9,13,15H,10-12,14H2,1H3,(H,25,31)(H,26,27,28). The Morgan fingerprint density at radius 3 is 2.67 bits per heavy atom. The molecule has 2 N–H and O–H groups in total. The number of fused-ring (bicyclic) bond motifs is 1. The van der Waals surface area contributed by atoms with Crippen LogP contribution in [-0.2, 0) is 17.9 Å². The van der Waals surface area contributed by atoms with Crippen molar-refractivity contribution < 1.29 is 18.7 Å². The predicted octanol–water partition coefficient (Wildman–Crippen LogP) is 2.78. The van der Waals surface area contributed by atoms with Gasteiger partial charge < -0.3 is 20.1 Å². The number of carbonyl (C=O) groups excluding carboxylic acids is 1. The van der Waals surface area contributed by atoms with E-state index in [0.29, 0.717) is 42.6 Å². The molecule has 0 unspecified atom stereocenters. The van der Waals surface area contributed by atoms with Gasteiger partial charge in [0.25, 0.3) is 5.91 Å². The molecule has 4 rings (SSSR count). The Hall–Kier alpha value is -4.21. The Labute approximate surface area is 189 Å². The molecule has 2 heterocycles. The zero-order valence-electron chi connectivity index (χ0n) is 18.0. The van der Waals surface area contributed by atoms with Crippen LogP contribution >= 0.6 is 0 Å². The summed E-state index contributed by atoms with van der Waals surface area (Å²) in [7, 11) is 1.55. The second-order valence-corrected chi connectivity index (χ2v) is 7.10. The average Bonchev–Trinajstić information content (AvgIpc) is 3.26. The van der Waals surface area contributed by atoms with E-state index < -0.39 is 0 Å². The van der Waals surface area contributed by atoms with Gasteiger partial charge in [-0.2, -0.15) is 5.10 Å². The summed E-state index contributed by atoms with van der Waals surface area (Å²) in [5.41, 5.74) is 1.57. The molecular weight excluding hydrogens is 427 g/mol. The first-order valence-electron chi connectivity index (χ1n) is 10.3. The van der Waals surface area contributed by atoms with Crippen molar-refractivity contribution in [2.24, 2.45) is 0 Å². The van der Waals surface area contributed by atoms with Gasteiger partial charge in [-0.3, -0.25) is 4.79 Å². The first kappa shape index (κ1) is 22.0. The third-order valence-corrected chi connectivity index (χ3v) is 4.88.